The number of carbonyl (C=O) groups excluding carboxylic acids is 1. The van der Waals surface area contributed by atoms with Crippen LogP contribution >= 0.6 is 0 Å². The number of anilines is 1. The summed E-state index contributed by atoms with van der Waals surface area (Å²) in [4.78, 5) is 16.4. The molecule has 1 aromatic heterocycles. The zero-order valence-corrected chi connectivity index (χ0v) is 14.5. The number of esters is 1. The minimum absolute atomic E-state index is 0.164. The minimum Gasteiger partial charge on any atom is -0.456 e. The standard InChI is InChI=1S/C14H20N4O4S/c1-14(2,3)22-12(19)9-7-6-8-10-11(9)16-13(15)18(10)23(20,21)17(4)5/h6-8H,1-5H3,(H2,15,16). The van der Waals surface area contributed by atoms with Crippen molar-refractivity contribution in [3.05, 3.63) is 23.8 Å². The second-order valence-corrected chi connectivity index (χ2v) is 8.19. The number of fused-ring (bicyclic) bond motifs is 1. The molecule has 9 heteroatoms. The molecule has 2 aromatic rings. The van der Waals surface area contributed by atoms with Gasteiger partial charge in [0.05, 0.1) is 11.1 Å². The van der Waals surface area contributed by atoms with E-state index < -0.39 is 21.8 Å². The van der Waals surface area contributed by atoms with Crippen molar-refractivity contribution in [3.63, 3.8) is 0 Å². The molecule has 0 radical (unpaired) electrons. The average molecular weight is 340 g/mol. The van der Waals surface area contributed by atoms with Gasteiger partial charge in [-0.3, -0.25) is 0 Å². The highest BCUT2D eigenvalue weighted by Gasteiger charge is 2.27. The topological polar surface area (TPSA) is 108 Å². The van der Waals surface area contributed by atoms with E-state index in [2.05, 4.69) is 4.98 Å². The highest BCUT2D eigenvalue weighted by Crippen LogP contribution is 2.25. The Labute approximate surface area is 135 Å². The lowest BCUT2D eigenvalue weighted by atomic mass is 10.1. The van der Waals surface area contributed by atoms with Gasteiger partial charge < -0.3 is 10.5 Å². The Morgan fingerprint density at radius 1 is 1.30 bits per heavy atom. The number of ether oxygens (including phenoxy) is 1. The summed E-state index contributed by atoms with van der Waals surface area (Å²) in [6, 6.07) is 4.62. The van der Waals surface area contributed by atoms with Crippen molar-refractivity contribution in [3.8, 4) is 0 Å². The van der Waals surface area contributed by atoms with Crippen molar-refractivity contribution in [1.29, 1.82) is 0 Å². The SMILES string of the molecule is CN(C)S(=O)(=O)n1c(N)nc2c(C(=O)OC(C)(C)C)cccc21. The first-order chi connectivity index (χ1) is 10.4. The van der Waals surface area contributed by atoms with Crippen molar-refractivity contribution < 1.29 is 17.9 Å². The Morgan fingerprint density at radius 3 is 2.43 bits per heavy atom. The van der Waals surface area contributed by atoms with Gasteiger partial charge >= 0.3 is 16.2 Å². The lowest BCUT2D eigenvalue weighted by Gasteiger charge is -2.19. The molecule has 1 heterocycles. The van der Waals surface area contributed by atoms with Crippen LogP contribution in [0, 0.1) is 0 Å². The van der Waals surface area contributed by atoms with E-state index in [4.69, 9.17) is 10.5 Å². The van der Waals surface area contributed by atoms with E-state index in [1.807, 2.05) is 0 Å². The highest BCUT2D eigenvalue weighted by atomic mass is 32.2. The third-order valence-electron chi connectivity index (χ3n) is 2.98. The van der Waals surface area contributed by atoms with Gasteiger partial charge in [-0.05, 0) is 32.9 Å². The van der Waals surface area contributed by atoms with Crippen LogP contribution < -0.4 is 5.73 Å². The van der Waals surface area contributed by atoms with E-state index in [1.54, 1.807) is 26.8 Å². The number of aromatic nitrogens is 2. The van der Waals surface area contributed by atoms with Gasteiger partial charge in [-0.2, -0.15) is 16.7 Å². The predicted octanol–water partition coefficient (Wildman–Crippen LogP) is 1.23. The van der Waals surface area contributed by atoms with Gasteiger partial charge in [0.1, 0.15) is 11.1 Å². The zero-order valence-electron chi connectivity index (χ0n) is 13.7. The molecule has 0 aliphatic carbocycles. The van der Waals surface area contributed by atoms with Gasteiger partial charge in [-0.15, -0.1) is 0 Å². The van der Waals surface area contributed by atoms with Crippen LogP contribution in [0.5, 0.6) is 0 Å². The monoisotopic (exact) mass is 340 g/mol. The molecule has 0 fully saturated rings. The van der Waals surface area contributed by atoms with Crippen molar-refractivity contribution in [2.75, 3.05) is 19.8 Å². The van der Waals surface area contributed by atoms with Crippen LogP contribution in [0.25, 0.3) is 11.0 Å². The van der Waals surface area contributed by atoms with E-state index in [1.165, 1.54) is 26.2 Å². The third-order valence-corrected chi connectivity index (χ3v) is 4.75. The average Bonchev–Trinajstić information content (AvgIpc) is 2.72. The Balaban J connectivity index is 2.68. The first-order valence-electron chi connectivity index (χ1n) is 6.88. The van der Waals surface area contributed by atoms with E-state index in [0.29, 0.717) is 0 Å². The molecule has 0 spiro atoms. The Bertz CT molecular complexity index is 863. The number of imidazole rings is 1. The first kappa shape index (κ1) is 17.2. The van der Waals surface area contributed by atoms with Crippen molar-refractivity contribution in [2.24, 2.45) is 0 Å². The number of benzene rings is 1. The van der Waals surface area contributed by atoms with Gasteiger partial charge in [-0.1, -0.05) is 6.07 Å². The second-order valence-electron chi connectivity index (χ2n) is 6.20. The predicted molar refractivity (Wildman–Crippen MR) is 87.3 cm³/mol. The van der Waals surface area contributed by atoms with Crippen molar-refractivity contribution >= 4 is 33.2 Å². The maximum atomic E-state index is 12.4. The third kappa shape index (κ3) is 3.15. The largest absolute Gasteiger partial charge is 0.456 e. The van der Waals surface area contributed by atoms with Crippen LogP contribution in [-0.4, -0.2) is 47.3 Å². The fourth-order valence-electron chi connectivity index (χ4n) is 2.00. The first-order valence-corrected chi connectivity index (χ1v) is 8.28. The second kappa shape index (κ2) is 5.50. The summed E-state index contributed by atoms with van der Waals surface area (Å²) in [6.45, 7) is 5.23. The molecule has 0 amide bonds. The van der Waals surface area contributed by atoms with Crippen LogP contribution in [0.1, 0.15) is 31.1 Å². The normalized spacial score (nSPS) is 12.8. The van der Waals surface area contributed by atoms with E-state index in [0.717, 1.165) is 8.28 Å². The number of hydrogen-bond acceptors (Lipinski definition) is 6. The van der Waals surface area contributed by atoms with E-state index >= 15 is 0 Å². The summed E-state index contributed by atoms with van der Waals surface area (Å²) in [5.74, 6) is -0.806. The minimum atomic E-state index is -3.86. The maximum absolute atomic E-state index is 12.4. The number of nitrogen functional groups attached to an aromatic ring is 1. The molecule has 0 atom stereocenters. The fraction of sp³-hybridized carbons (Fsp3) is 0.429. The van der Waals surface area contributed by atoms with Crippen LogP contribution in [-0.2, 0) is 14.9 Å². The lowest BCUT2D eigenvalue weighted by Crippen LogP contribution is -2.29. The van der Waals surface area contributed by atoms with Gasteiger partial charge in [-0.25, -0.2) is 9.78 Å². The van der Waals surface area contributed by atoms with Crippen LogP contribution in [0.2, 0.25) is 0 Å². The maximum Gasteiger partial charge on any atom is 0.340 e. The molecular weight excluding hydrogens is 320 g/mol. The summed E-state index contributed by atoms with van der Waals surface area (Å²) in [6.07, 6.45) is 0. The van der Waals surface area contributed by atoms with Crippen molar-refractivity contribution in [1.82, 2.24) is 13.3 Å². The molecule has 2 N–H and O–H groups in total. The molecule has 0 aliphatic heterocycles. The van der Waals surface area contributed by atoms with Crippen LogP contribution in [0.15, 0.2) is 18.2 Å². The highest BCUT2D eigenvalue weighted by molar-refractivity contribution is 7.87. The molecule has 0 bridgehead atoms. The number of nitrogens with zero attached hydrogens (tertiary/aromatic N) is 3. The van der Waals surface area contributed by atoms with Gasteiger partial charge in [0.15, 0.2) is 0 Å². The number of nitrogens with two attached hydrogens (primary N) is 1. The summed E-state index contributed by atoms with van der Waals surface area (Å²) >= 11 is 0. The fourth-order valence-corrected chi connectivity index (χ4v) is 3.00. The molecule has 0 saturated carbocycles. The number of carbonyl (C=O) groups is 1. The summed E-state index contributed by atoms with van der Waals surface area (Å²) in [7, 11) is -1.08. The van der Waals surface area contributed by atoms with Gasteiger partial charge in [0, 0.05) is 14.1 Å². The zero-order chi connectivity index (χ0) is 17.6. The van der Waals surface area contributed by atoms with Crippen LogP contribution in [0.3, 0.4) is 0 Å². The molecule has 126 valence electrons. The molecule has 0 aliphatic rings. The summed E-state index contributed by atoms with van der Waals surface area (Å²) in [5, 5.41) is 0. The summed E-state index contributed by atoms with van der Waals surface area (Å²) < 4.78 is 32.0. The van der Waals surface area contributed by atoms with E-state index in [-0.39, 0.29) is 22.5 Å². The molecule has 0 unspecified atom stereocenters. The Kier molecular flexibility index (Phi) is 4.12. The van der Waals surface area contributed by atoms with E-state index in [9.17, 15) is 13.2 Å². The number of hydrogen-bond donors (Lipinski definition) is 1. The molecule has 8 nitrogen and oxygen atoms in total. The molecule has 0 saturated heterocycles. The van der Waals surface area contributed by atoms with Crippen LogP contribution in [0.4, 0.5) is 5.95 Å². The summed E-state index contributed by atoms with van der Waals surface area (Å²) in [5.41, 5.74) is 5.66. The number of para-hydroxylation sites is 1. The smallest absolute Gasteiger partial charge is 0.340 e. The Morgan fingerprint density at radius 2 is 1.91 bits per heavy atom. The molecule has 1 aromatic carbocycles. The van der Waals surface area contributed by atoms with Gasteiger partial charge in [0.25, 0.3) is 0 Å². The lowest BCUT2D eigenvalue weighted by molar-refractivity contribution is 0.00716. The Hall–Kier alpha value is -2.13. The quantitative estimate of drug-likeness (QED) is 0.842. The van der Waals surface area contributed by atoms with Gasteiger partial charge in [0.2, 0.25) is 5.95 Å². The molecule has 2 rings (SSSR count). The number of rotatable bonds is 3. The molecule has 23 heavy (non-hydrogen) atoms. The molecular formula is C14H20N4O4S. The van der Waals surface area contributed by atoms with Crippen molar-refractivity contribution in [2.45, 2.75) is 26.4 Å².